The maximum Gasteiger partial charge on any atom is 0.318 e. The topological polar surface area (TPSA) is 32.3 Å². The van der Waals surface area contributed by atoms with Gasteiger partial charge in [-0.2, -0.15) is 0 Å². The lowest BCUT2D eigenvalue weighted by Gasteiger charge is -2.36. The van der Waals surface area contributed by atoms with Crippen LogP contribution in [0.2, 0.25) is 0 Å². The first-order valence-corrected chi connectivity index (χ1v) is 7.99. The largest absolute Gasteiger partial charge is 0.335 e. The molecule has 106 valence electrons. The monoisotopic (exact) mass is 270 g/mol. The maximum atomic E-state index is 12.6. The van der Waals surface area contributed by atoms with Crippen LogP contribution in [0.4, 0.5) is 4.79 Å². The van der Waals surface area contributed by atoms with Gasteiger partial charge in [-0.25, -0.2) is 4.79 Å². The van der Waals surface area contributed by atoms with E-state index in [0.717, 1.165) is 25.7 Å². The lowest BCUT2D eigenvalue weighted by molar-refractivity contribution is 0.161. The van der Waals surface area contributed by atoms with Crippen molar-refractivity contribution >= 4 is 6.03 Å². The average molecular weight is 270 g/mol. The summed E-state index contributed by atoms with van der Waals surface area (Å²) < 4.78 is 0. The van der Waals surface area contributed by atoms with Crippen LogP contribution in [0.5, 0.6) is 0 Å². The van der Waals surface area contributed by atoms with Gasteiger partial charge in [-0.15, -0.1) is 0 Å². The highest BCUT2D eigenvalue weighted by Crippen LogP contribution is 2.41. The minimum absolute atomic E-state index is 0.178. The fourth-order valence-corrected chi connectivity index (χ4v) is 3.41. The predicted octanol–water partition coefficient (Wildman–Crippen LogP) is 3.40. The fraction of sp³-hybridized carbons (Fsp3) is 0.588. The molecule has 4 rings (SSSR count). The molecule has 0 saturated heterocycles. The van der Waals surface area contributed by atoms with Crippen molar-refractivity contribution in [3.05, 3.63) is 35.4 Å². The molecule has 3 aliphatic rings. The minimum Gasteiger partial charge on any atom is -0.335 e. The van der Waals surface area contributed by atoms with Gasteiger partial charge in [-0.1, -0.05) is 24.3 Å². The second kappa shape index (κ2) is 4.80. The lowest BCUT2D eigenvalue weighted by Crippen LogP contribution is -2.45. The highest BCUT2D eigenvalue weighted by molar-refractivity contribution is 5.76. The minimum atomic E-state index is 0.178. The van der Waals surface area contributed by atoms with Crippen molar-refractivity contribution in [1.29, 1.82) is 0 Å². The smallest absolute Gasteiger partial charge is 0.318 e. The first kappa shape index (κ1) is 12.2. The Morgan fingerprint density at radius 3 is 2.65 bits per heavy atom. The fourth-order valence-electron chi connectivity index (χ4n) is 3.41. The number of nitrogens with one attached hydrogen (secondary N) is 1. The summed E-state index contributed by atoms with van der Waals surface area (Å²) in [6.45, 7) is 0. The summed E-state index contributed by atoms with van der Waals surface area (Å²) in [5, 5.41) is 3.19. The molecular weight excluding hydrogens is 248 g/mol. The number of nitrogens with zero attached hydrogens (tertiary/aromatic N) is 1. The van der Waals surface area contributed by atoms with E-state index in [1.54, 1.807) is 0 Å². The normalized spacial score (nSPS) is 24.9. The Labute approximate surface area is 120 Å². The van der Waals surface area contributed by atoms with Crippen molar-refractivity contribution in [2.24, 2.45) is 0 Å². The number of hydrogen-bond donors (Lipinski definition) is 1. The van der Waals surface area contributed by atoms with Crippen LogP contribution in [0, 0.1) is 0 Å². The number of rotatable bonds is 3. The van der Waals surface area contributed by atoms with Gasteiger partial charge < -0.3 is 10.2 Å². The van der Waals surface area contributed by atoms with Crippen molar-refractivity contribution in [3.63, 3.8) is 0 Å². The zero-order chi connectivity index (χ0) is 13.5. The molecule has 0 radical (unpaired) electrons. The number of amides is 2. The van der Waals surface area contributed by atoms with Gasteiger partial charge in [-0.05, 0) is 56.1 Å². The summed E-state index contributed by atoms with van der Waals surface area (Å²) in [5.74, 6) is 0. The zero-order valence-electron chi connectivity index (χ0n) is 11.8. The van der Waals surface area contributed by atoms with E-state index < -0.39 is 0 Å². The molecule has 0 aliphatic heterocycles. The molecular formula is C17H22N2O. The molecule has 1 aromatic carbocycles. The SMILES string of the molecule is O=C(NC1CC1)N(C1CC1)C1CCCc2ccccc21. The number of aryl methyl sites for hydroxylation is 1. The highest BCUT2D eigenvalue weighted by Gasteiger charge is 2.40. The second-order valence-corrected chi connectivity index (χ2v) is 6.47. The number of hydrogen-bond acceptors (Lipinski definition) is 1. The van der Waals surface area contributed by atoms with Crippen molar-refractivity contribution < 1.29 is 4.79 Å². The van der Waals surface area contributed by atoms with E-state index in [0.29, 0.717) is 18.1 Å². The Bertz CT molecular complexity index is 519. The van der Waals surface area contributed by atoms with E-state index in [9.17, 15) is 4.79 Å². The number of carbonyl (C=O) groups excluding carboxylic acids is 1. The van der Waals surface area contributed by atoms with E-state index in [1.807, 2.05) is 0 Å². The third-order valence-corrected chi connectivity index (χ3v) is 4.75. The molecule has 0 heterocycles. The lowest BCUT2D eigenvalue weighted by atomic mass is 9.87. The zero-order valence-corrected chi connectivity index (χ0v) is 11.8. The molecule has 1 atom stereocenters. The second-order valence-electron chi connectivity index (χ2n) is 6.47. The van der Waals surface area contributed by atoms with Crippen LogP contribution in [0.15, 0.2) is 24.3 Å². The predicted molar refractivity (Wildman–Crippen MR) is 78.5 cm³/mol. The van der Waals surface area contributed by atoms with Crippen molar-refractivity contribution in [2.75, 3.05) is 0 Å². The Kier molecular flexibility index (Phi) is 2.94. The molecule has 3 aliphatic carbocycles. The molecule has 2 amide bonds. The summed E-state index contributed by atoms with van der Waals surface area (Å²) >= 11 is 0. The van der Waals surface area contributed by atoms with Gasteiger partial charge in [0.15, 0.2) is 0 Å². The average Bonchev–Trinajstić information content (AvgIpc) is 3.34. The summed E-state index contributed by atoms with van der Waals surface area (Å²) in [6.07, 6.45) is 8.15. The summed E-state index contributed by atoms with van der Waals surface area (Å²) in [4.78, 5) is 14.8. The number of benzene rings is 1. The van der Waals surface area contributed by atoms with E-state index in [-0.39, 0.29) is 6.03 Å². The highest BCUT2D eigenvalue weighted by atomic mass is 16.2. The Morgan fingerprint density at radius 2 is 1.90 bits per heavy atom. The molecule has 0 spiro atoms. The van der Waals surface area contributed by atoms with Crippen molar-refractivity contribution in [1.82, 2.24) is 10.2 Å². The quantitative estimate of drug-likeness (QED) is 0.897. The molecule has 1 unspecified atom stereocenters. The van der Waals surface area contributed by atoms with E-state index in [2.05, 4.69) is 34.5 Å². The number of fused-ring (bicyclic) bond motifs is 1. The van der Waals surface area contributed by atoms with Crippen LogP contribution in [-0.4, -0.2) is 23.0 Å². The molecule has 0 aromatic heterocycles. The number of carbonyl (C=O) groups is 1. The van der Waals surface area contributed by atoms with E-state index in [1.165, 1.54) is 30.4 Å². The molecule has 1 N–H and O–H groups in total. The third-order valence-electron chi connectivity index (χ3n) is 4.75. The van der Waals surface area contributed by atoms with Crippen LogP contribution in [0.1, 0.15) is 55.7 Å². The van der Waals surface area contributed by atoms with Gasteiger partial charge in [0.25, 0.3) is 0 Å². The van der Waals surface area contributed by atoms with Gasteiger partial charge in [-0.3, -0.25) is 0 Å². The van der Waals surface area contributed by atoms with Crippen LogP contribution < -0.4 is 5.32 Å². The summed E-state index contributed by atoms with van der Waals surface area (Å²) in [7, 11) is 0. The van der Waals surface area contributed by atoms with Gasteiger partial charge >= 0.3 is 6.03 Å². The van der Waals surface area contributed by atoms with Crippen molar-refractivity contribution in [2.45, 2.75) is 63.1 Å². The summed E-state index contributed by atoms with van der Waals surface area (Å²) in [5.41, 5.74) is 2.82. The Balaban J connectivity index is 1.61. The van der Waals surface area contributed by atoms with Gasteiger partial charge in [0, 0.05) is 12.1 Å². The summed E-state index contributed by atoms with van der Waals surface area (Å²) in [6, 6.07) is 10.1. The van der Waals surface area contributed by atoms with E-state index >= 15 is 0 Å². The van der Waals surface area contributed by atoms with Crippen LogP contribution in [0.3, 0.4) is 0 Å². The molecule has 0 bridgehead atoms. The van der Waals surface area contributed by atoms with E-state index in [4.69, 9.17) is 0 Å². The molecule has 3 nitrogen and oxygen atoms in total. The van der Waals surface area contributed by atoms with Gasteiger partial charge in [0.2, 0.25) is 0 Å². The molecule has 3 heteroatoms. The van der Waals surface area contributed by atoms with Gasteiger partial charge in [0.1, 0.15) is 0 Å². The molecule has 2 fully saturated rings. The standard InChI is InChI=1S/C17H22N2O/c20-17(18-13-8-9-13)19(14-10-11-14)16-7-3-5-12-4-1-2-6-15(12)16/h1-2,4,6,13-14,16H,3,5,7-11H2,(H,18,20). The van der Waals surface area contributed by atoms with Crippen LogP contribution in [-0.2, 0) is 6.42 Å². The van der Waals surface area contributed by atoms with Crippen LogP contribution in [0.25, 0.3) is 0 Å². The Morgan fingerprint density at radius 1 is 1.10 bits per heavy atom. The van der Waals surface area contributed by atoms with Crippen LogP contribution >= 0.6 is 0 Å². The third kappa shape index (κ3) is 2.30. The first-order chi connectivity index (χ1) is 9.83. The van der Waals surface area contributed by atoms with Gasteiger partial charge in [0.05, 0.1) is 6.04 Å². The first-order valence-electron chi connectivity index (χ1n) is 7.99. The molecule has 20 heavy (non-hydrogen) atoms. The Hall–Kier alpha value is -1.51. The molecule has 1 aromatic rings. The van der Waals surface area contributed by atoms with Crippen molar-refractivity contribution in [3.8, 4) is 0 Å². The maximum absolute atomic E-state index is 12.6. The number of urea groups is 1. The molecule has 2 saturated carbocycles.